The lowest BCUT2D eigenvalue weighted by atomic mass is 9.92. The topological polar surface area (TPSA) is 21.3 Å². The molecular weight excluding hydrogens is 222 g/mol. The maximum Gasteiger partial charge on any atom is 0.119 e. The first-order chi connectivity index (χ1) is 8.88. The van der Waals surface area contributed by atoms with Gasteiger partial charge in [-0.15, -0.1) is 0 Å². The SMILES string of the molecule is CCCCOc1ccc(CC2CCCNC2)cc1. The van der Waals surface area contributed by atoms with Crippen molar-refractivity contribution in [3.63, 3.8) is 0 Å². The molecule has 1 atom stereocenters. The predicted molar refractivity (Wildman–Crippen MR) is 76.1 cm³/mol. The van der Waals surface area contributed by atoms with Crippen molar-refractivity contribution in [1.82, 2.24) is 5.32 Å². The summed E-state index contributed by atoms with van der Waals surface area (Å²) in [6.07, 6.45) is 6.20. The Bertz CT molecular complexity index is 327. The number of piperidine rings is 1. The fraction of sp³-hybridized carbons (Fsp3) is 0.625. The average molecular weight is 247 g/mol. The minimum atomic E-state index is 0.811. The molecule has 1 saturated heterocycles. The van der Waals surface area contributed by atoms with E-state index in [1.165, 1.54) is 44.3 Å². The van der Waals surface area contributed by atoms with Gasteiger partial charge in [0.25, 0.3) is 0 Å². The van der Waals surface area contributed by atoms with E-state index in [0.29, 0.717) is 0 Å². The fourth-order valence-electron chi connectivity index (χ4n) is 2.49. The lowest BCUT2D eigenvalue weighted by Crippen LogP contribution is -2.30. The van der Waals surface area contributed by atoms with Gasteiger partial charge < -0.3 is 10.1 Å². The Balaban J connectivity index is 1.79. The smallest absolute Gasteiger partial charge is 0.119 e. The van der Waals surface area contributed by atoms with Crippen molar-refractivity contribution in [1.29, 1.82) is 0 Å². The molecule has 1 N–H and O–H groups in total. The summed E-state index contributed by atoms with van der Waals surface area (Å²) < 4.78 is 5.68. The number of ether oxygens (including phenoxy) is 1. The van der Waals surface area contributed by atoms with Crippen LogP contribution in [0, 0.1) is 5.92 Å². The fourth-order valence-corrected chi connectivity index (χ4v) is 2.49. The molecule has 1 aromatic rings. The second-order valence-corrected chi connectivity index (χ2v) is 5.26. The molecule has 0 aromatic heterocycles. The molecule has 18 heavy (non-hydrogen) atoms. The number of hydrogen-bond acceptors (Lipinski definition) is 2. The van der Waals surface area contributed by atoms with Gasteiger partial charge in [0, 0.05) is 0 Å². The van der Waals surface area contributed by atoms with Crippen molar-refractivity contribution in [2.75, 3.05) is 19.7 Å². The zero-order valence-corrected chi connectivity index (χ0v) is 11.5. The average Bonchev–Trinajstić information content (AvgIpc) is 2.42. The molecule has 1 aliphatic heterocycles. The Morgan fingerprint density at radius 2 is 2.11 bits per heavy atom. The van der Waals surface area contributed by atoms with E-state index in [1.807, 2.05) is 0 Å². The van der Waals surface area contributed by atoms with Crippen LogP contribution in [0.4, 0.5) is 0 Å². The minimum absolute atomic E-state index is 0.811. The number of hydrogen-bond donors (Lipinski definition) is 1. The highest BCUT2D eigenvalue weighted by atomic mass is 16.5. The van der Waals surface area contributed by atoms with Gasteiger partial charge in [-0.25, -0.2) is 0 Å². The quantitative estimate of drug-likeness (QED) is 0.778. The van der Waals surface area contributed by atoms with Gasteiger partial charge in [0.2, 0.25) is 0 Å². The lowest BCUT2D eigenvalue weighted by Gasteiger charge is -2.22. The second-order valence-electron chi connectivity index (χ2n) is 5.26. The van der Waals surface area contributed by atoms with Crippen LogP contribution in [0.3, 0.4) is 0 Å². The van der Waals surface area contributed by atoms with Crippen LogP contribution >= 0.6 is 0 Å². The van der Waals surface area contributed by atoms with Gasteiger partial charge in [0.05, 0.1) is 6.61 Å². The summed E-state index contributed by atoms with van der Waals surface area (Å²) in [7, 11) is 0. The molecule has 2 heteroatoms. The molecule has 0 saturated carbocycles. The lowest BCUT2D eigenvalue weighted by molar-refractivity contribution is 0.309. The van der Waals surface area contributed by atoms with Gasteiger partial charge in [-0.2, -0.15) is 0 Å². The predicted octanol–water partition coefficient (Wildman–Crippen LogP) is 3.41. The summed E-state index contributed by atoms with van der Waals surface area (Å²) in [6.45, 7) is 5.39. The molecule has 0 amide bonds. The third-order valence-corrected chi connectivity index (χ3v) is 3.61. The first-order valence-electron chi connectivity index (χ1n) is 7.31. The Labute approximate surface area is 111 Å². The van der Waals surface area contributed by atoms with Gasteiger partial charge in [-0.05, 0) is 62.4 Å². The van der Waals surface area contributed by atoms with Crippen molar-refractivity contribution in [2.24, 2.45) is 5.92 Å². The first-order valence-corrected chi connectivity index (χ1v) is 7.31. The molecule has 1 aliphatic rings. The van der Waals surface area contributed by atoms with E-state index < -0.39 is 0 Å². The van der Waals surface area contributed by atoms with Crippen molar-refractivity contribution in [3.8, 4) is 5.75 Å². The molecule has 0 aliphatic carbocycles. The zero-order valence-electron chi connectivity index (χ0n) is 11.5. The van der Waals surface area contributed by atoms with Gasteiger partial charge in [-0.3, -0.25) is 0 Å². The third kappa shape index (κ3) is 4.34. The monoisotopic (exact) mass is 247 g/mol. The summed E-state index contributed by atoms with van der Waals surface area (Å²) in [4.78, 5) is 0. The molecule has 1 aromatic carbocycles. The van der Waals surface area contributed by atoms with Crippen molar-refractivity contribution >= 4 is 0 Å². The first kappa shape index (κ1) is 13.4. The van der Waals surface area contributed by atoms with E-state index in [9.17, 15) is 0 Å². The van der Waals surface area contributed by atoms with Crippen LogP contribution in [0.5, 0.6) is 5.75 Å². The highest BCUT2D eigenvalue weighted by Crippen LogP contribution is 2.19. The molecule has 1 fully saturated rings. The summed E-state index contributed by atoms with van der Waals surface area (Å²) in [5, 5.41) is 3.48. The molecular formula is C16H25NO. The third-order valence-electron chi connectivity index (χ3n) is 3.61. The largest absolute Gasteiger partial charge is 0.494 e. The van der Waals surface area contributed by atoms with Gasteiger partial charge in [-0.1, -0.05) is 25.5 Å². The molecule has 0 radical (unpaired) electrons. The van der Waals surface area contributed by atoms with Gasteiger partial charge >= 0.3 is 0 Å². The standard InChI is InChI=1S/C16H25NO/c1-2-3-11-18-16-8-6-14(7-9-16)12-15-5-4-10-17-13-15/h6-9,15,17H,2-5,10-13H2,1H3. The Hall–Kier alpha value is -1.02. The normalized spacial score (nSPS) is 19.7. The van der Waals surface area contributed by atoms with Crippen molar-refractivity contribution < 1.29 is 4.74 Å². The van der Waals surface area contributed by atoms with E-state index in [1.54, 1.807) is 0 Å². The molecule has 2 nitrogen and oxygen atoms in total. The maximum atomic E-state index is 5.68. The van der Waals surface area contributed by atoms with Crippen LogP contribution < -0.4 is 10.1 Å². The maximum absolute atomic E-state index is 5.68. The highest BCUT2D eigenvalue weighted by Gasteiger charge is 2.13. The van der Waals surface area contributed by atoms with Crippen molar-refractivity contribution in [2.45, 2.75) is 39.0 Å². The van der Waals surface area contributed by atoms with Crippen LogP contribution in [0.1, 0.15) is 38.2 Å². The molecule has 1 unspecified atom stereocenters. The van der Waals surface area contributed by atoms with E-state index in [-0.39, 0.29) is 0 Å². The van der Waals surface area contributed by atoms with E-state index in [2.05, 4.69) is 36.5 Å². The zero-order chi connectivity index (χ0) is 12.6. The van der Waals surface area contributed by atoms with Crippen LogP contribution in [-0.4, -0.2) is 19.7 Å². The molecule has 1 heterocycles. The molecule has 100 valence electrons. The van der Waals surface area contributed by atoms with Crippen LogP contribution in [0.2, 0.25) is 0 Å². The summed E-state index contributed by atoms with van der Waals surface area (Å²) in [5.41, 5.74) is 1.44. The summed E-state index contributed by atoms with van der Waals surface area (Å²) in [6, 6.07) is 8.66. The van der Waals surface area contributed by atoms with Crippen LogP contribution in [0.15, 0.2) is 24.3 Å². The number of benzene rings is 1. The Morgan fingerprint density at radius 1 is 1.28 bits per heavy atom. The van der Waals surface area contributed by atoms with E-state index >= 15 is 0 Å². The Kier molecular flexibility index (Phi) is 5.53. The van der Waals surface area contributed by atoms with Crippen LogP contribution in [0.25, 0.3) is 0 Å². The second kappa shape index (κ2) is 7.42. The highest BCUT2D eigenvalue weighted by molar-refractivity contribution is 5.27. The van der Waals surface area contributed by atoms with E-state index in [4.69, 9.17) is 4.74 Å². The molecule has 2 rings (SSSR count). The summed E-state index contributed by atoms with van der Waals surface area (Å²) >= 11 is 0. The Morgan fingerprint density at radius 3 is 2.78 bits per heavy atom. The number of rotatable bonds is 6. The molecule has 0 spiro atoms. The van der Waals surface area contributed by atoms with E-state index in [0.717, 1.165) is 24.7 Å². The molecule has 0 bridgehead atoms. The van der Waals surface area contributed by atoms with Gasteiger partial charge in [0.1, 0.15) is 5.75 Å². The van der Waals surface area contributed by atoms with Gasteiger partial charge in [0.15, 0.2) is 0 Å². The number of unbranched alkanes of at least 4 members (excludes halogenated alkanes) is 1. The number of nitrogens with one attached hydrogen (secondary N) is 1. The van der Waals surface area contributed by atoms with Crippen molar-refractivity contribution in [3.05, 3.63) is 29.8 Å². The van der Waals surface area contributed by atoms with Crippen LogP contribution in [-0.2, 0) is 6.42 Å². The summed E-state index contributed by atoms with van der Waals surface area (Å²) in [5.74, 6) is 1.82. The minimum Gasteiger partial charge on any atom is -0.494 e.